The Hall–Kier alpha value is -0.600. The van der Waals surface area contributed by atoms with Crippen LogP contribution in [0.2, 0.25) is 0 Å². The van der Waals surface area contributed by atoms with E-state index in [4.69, 9.17) is 20.4 Å². The fourth-order valence-electron chi connectivity index (χ4n) is 0.420. The molecule has 0 aliphatic heterocycles. The fraction of sp³-hybridized carbons (Fsp3) is 0.667. The lowest BCUT2D eigenvalue weighted by atomic mass is 10.1. The molecule has 0 bridgehead atoms. The van der Waals surface area contributed by atoms with Gasteiger partial charge in [-0.25, -0.2) is 0 Å². The van der Waals surface area contributed by atoms with E-state index < -0.39 is 11.9 Å². The van der Waals surface area contributed by atoms with E-state index in [-0.39, 0.29) is 13.0 Å². The molecule has 1 unspecified atom stereocenters. The molecule has 0 aromatic heterocycles. The summed E-state index contributed by atoms with van der Waals surface area (Å²) in [6.45, 7) is -0.342. The summed E-state index contributed by atoms with van der Waals surface area (Å²) in [6.07, 6.45) is 2.99. The molecular weight excluding hydrogens is 136 g/mol. The Morgan fingerprint density at radius 3 is 2.30 bits per heavy atom. The van der Waals surface area contributed by atoms with Gasteiger partial charge in [0.1, 0.15) is 6.10 Å². The van der Waals surface area contributed by atoms with Crippen molar-refractivity contribution in [2.75, 3.05) is 6.61 Å². The van der Waals surface area contributed by atoms with Crippen molar-refractivity contribution in [2.24, 2.45) is 0 Å². The molecule has 0 radical (unpaired) electrons. The highest BCUT2D eigenvalue weighted by Crippen LogP contribution is 2.07. The molecular formula is C6H10O4. The predicted octanol–water partition coefficient (Wildman–Crippen LogP) is -1.96. The van der Waals surface area contributed by atoms with Crippen LogP contribution in [0.5, 0.6) is 0 Å². The minimum atomic E-state index is -2.53. The van der Waals surface area contributed by atoms with Gasteiger partial charge >= 0.3 is 0 Å². The summed E-state index contributed by atoms with van der Waals surface area (Å²) in [5.41, 5.74) is 0. The molecule has 0 aliphatic rings. The van der Waals surface area contributed by atoms with Crippen LogP contribution in [0.3, 0.4) is 0 Å². The topological polar surface area (TPSA) is 80.9 Å². The minimum Gasteiger partial charge on any atom is -0.396 e. The standard InChI is InChI=1S/C6H10O4/c1-2-6(9,10)5(8)3-4-7/h1,5,7-10H,3-4H2. The lowest BCUT2D eigenvalue weighted by Gasteiger charge is -2.20. The van der Waals surface area contributed by atoms with Crippen molar-refractivity contribution in [3.63, 3.8) is 0 Å². The molecule has 0 aromatic carbocycles. The fourth-order valence-corrected chi connectivity index (χ4v) is 0.420. The van der Waals surface area contributed by atoms with Crippen molar-refractivity contribution in [3.8, 4) is 12.3 Å². The van der Waals surface area contributed by atoms with E-state index in [1.165, 1.54) is 0 Å². The van der Waals surface area contributed by atoms with Gasteiger partial charge in [-0.2, -0.15) is 0 Å². The summed E-state index contributed by atoms with van der Waals surface area (Å²) in [5, 5.41) is 34.4. The van der Waals surface area contributed by atoms with Gasteiger partial charge in [0, 0.05) is 13.0 Å². The normalized spacial score (nSPS) is 14.3. The SMILES string of the molecule is C#CC(O)(O)C(O)CCO. The molecule has 0 amide bonds. The molecule has 4 N–H and O–H groups in total. The van der Waals surface area contributed by atoms with Crippen LogP contribution in [0.4, 0.5) is 0 Å². The maximum absolute atomic E-state index is 8.77. The molecule has 0 fully saturated rings. The molecule has 0 saturated heterocycles. The summed E-state index contributed by atoms with van der Waals surface area (Å²) < 4.78 is 0. The second-order valence-electron chi connectivity index (χ2n) is 1.90. The molecule has 10 heavy (non-hydrogen) atoms. The highest BCUT2D eigenvalue weighted by molar-refractivity contribution is 5.03. The van der Waals surface area contributed by atoms with Crippen molar-refractivity contribution in [1.29, 1.82) is 0 Å². The van der Waals surface area contributed by atoms with E-state index in [1.54, 1.807) is 5.92 Å². The van der Waals surface area contributed by atoms with E-state index in [9.17, 15) is 0 Å². The van der Waals surface area contributed by atoms with E-state index in [0.717, 1.165) is 0 Å². The quantitative estimate of drug-likeness (QED) is 0.275. The summed E-state index contributed by atoms with van der Waals surface area (Å²) in [5.74, 6) is -0.949. The van der Waals surface area contributed by atoms with Crippen LogP contribution in [0, 0.1) is 12.3 Å². The van der Waals surface area contributed by atoms with E-state index in [2.05, 4.69) is 6.42 Å². The first-order valence-electron chi connectivity index (χ1n) is 2.76. The average molecular weight is 146 g/mol. The number of aliphatic hydroxyl groups is 4. The Morgan fingerprint density at radius 2 is 2.00 bits per heavy atom. The molecule has 4 nitrogen and oxygen atoms in total. The van der Waals surface area contributed by atoms with Crippen LogP contribution in [0.15, 0.2) is 0 Å². The van der Waals surface area contributed by atoms with Gasteiger partial charge in [-0.15, -0.1) is 6.42 Å². The van der Waals surface area contributed by atoms with Crippen LogP contribution in [0.1, 0.15) is 6.42 Å². The predicted molar refractivity (Wildman–Crippen MR) is 33.7 cm³/mol. The van der Waals surface area contributed by atoms with E-state index in [1.807, 2.05) is 0 Å². The van der Waals surface area contributed by atoms with Gasteiger partial charge in [-0.05, 0) is 5.92 Å². The average Bonchev–Trinajstić information content (AvgIpc) is 1.89. The van der Waals surface area contributed by atoms with Crippen LogP contribution in [-0.4, -0.2) is 38.9 Å². The second-order valence-corrected chi connectivity index (χ2v) is 1.90. The first-order valence-corrected chi connectivity index (χ1v) is 2.76. The van der Waals surface area contributed by atoms with Gasteiger partial charge in [-0.1, -0.05) is 0 Å². The Morgan fingerprint density at radius 1 is 1.50 bits per heavy atom. The Labute approximate surface area is 58.7 Å². The number of rotatable bonds is 3. The van der Waals surface area contributed by atoms with Crippen molar-refractivity contribution < 1.29 is 20.4 Å². The molecule has 0 aliphatic carbocycles. The molecule has 0 spiro atoms. The number of aliphatic hydroxyl groups excluding tert-OH is 2. The van der Waals surface area contributed by atoms with Crippen molar-refractivity contribution in [2.45, 2.75) is 18.3 Å². The third-order valence-corrected chi connectivity index (χ3v) is 1.08. The molecule has 58 valence electrons. The van der Waals surface area contributed by atoms with Gasteiger partial charge < -0.3 is 20.4 Å². The largest absolute Gasteiger partial charge is 0.396 e. The Balaban J connectivity index is 3.94. The van der Waals surface area contributed by atoms with Crippen LogP contribution >= 0.6 is 0 Å². The number of hydrogen-bond donors (Lipinski definition) is 4. The molecule has 1 atom stereocenters. The zero-order valence-corrected chi connectivity index (χ0v) is 5.36. The summed E-state index contributed by atoms with van der Waals surface area (Å²) in [6, 6.07) is 0. The molecule has 0 heterocycles. The maximum Gasteiger partial charge on any atom is 0.255 e. The lowest BCUT2D eigenvalue weighted by Crippen LogP contribution is -2.41. The van der Waals surface area contributed by atoms with Gasteiger partial charge in [0.25, 0.3) is 5.79 Å². The monoisotopic (exact) mass is 146 g/mol. The molecule has 4 heteroatoms. The van der Waals surface area contributed by atoms with Crippen LogP contribution in [-0.2, 0) is 0 Å². The summed E-state index contributed by atoms with van der Waals surface area (Å²) >= 11 is 0. The smallest absolute Gasteiger partial charge is 0.255 e. The van der Waals surface area contributed by atoms with Crippen molar-refractivity contribution in [1.82, 2.24) is 0 Å². The third kappa shape index (κ3) is 2.33. The van der Waals surface area contributed by atoms with Crippen LogP contribution < -0.4 is 0 Å². The maximum atomic E-state index is 8.77. The number of terminal acetylenes is 1. The summed E-state index contributed by atoms with van der Waals surface area (Å²) in [4.78, 5) is 0. The zero-order valence-electron chi connectivity index (χ0n) is 5.36. The second kappa shape index (κ2) is 3.54. The Bertz CT molecular complexity index is 135. The zero-order chi connectivity index (χ0) is 8.20. The lowest BCUT2D eigenvalue weighted by molar-refractivity contribution is -0.184. The van der Waals surface area contributed by atoms with Gasteiger partial charge in [0.2, 0.25) is 0 Å². The highest BCUT2D eigenvalue weighted by Gasteiger charge is 2.29. The number of hydrogen-bond acceptors (Lipinski definition) is 4. The Kier molecular flexibility index (Phi) is 3.33. The summed E-state index contributed by atoms with van der Waals surface area (Å²) in [7, 11) is 0. The van der Waals surface area contributed by atoms with Gasteiger partial charge in [0.05, 0.1) is 0 Å². The molecule has 0 aromatic rings. The highest BCUT2D eigenvalue weighted by atomic mass is 16.5. The van der Waals surface area contributed by atoms with Gasteiger partial charge in [0.15, 0.2) is 0 Å². The van der Waals surface area contributed by atoms with Crippen molar-refractivity contribution in [3.05, 3.63) is 0 Å². The van der Waals surface area contributed by atoms with Crippen molar-refractivity contribution >= 4 is 0 Å². The first kappa shape index (κ1) is 9.40. The minimum absolute atomic E-state index is 0.156. The van der Waals surface area contributed by atoms with E-state index >= 15 is 0 Å². The molecule has 0 rings (SSSR count). The first-order chi connectivity index (χ1) is 4.54. The molecule has 0 saturated carbocycles. The van der Waals surface area contributed by atoms with Gasteiger partial charge in [-0.3, -0.25) is 0 Å². The van der Waals surface area contributed by atoms with E-state index in [0.29, 0.717) is 0 Å². The van der Waals surface area contributed by atoms with Crippen LogP contribution in [0.25, 0.3) is 0 Å². The third-order valence-electron chi connectivity index (χ3n) is 1.08.